The summed E-state index contributed by atoms with van der Waals surface area (Å²) in [6.07, 6.45) is -1.34. The lowest BCUT2D eigenvalue weighted by molar-refractivity contribution is -0.145. The van der Waals surface area contributed by atoms with Gasteiger partial charge in [0.25, 0.3) is 0 Å². The van der Waals surface area contributed by atoms with E-state index in [4.69, 9.17) is 28.7 Å². The van der Waals surface area contributed by atoms with Crippen LogP contribution in [-0.4, -0.2) is 137 Å². The number of aliphatic hydroxyl groups excluding tert-OH is 2. The van der Waals surface area contributed by atoms with Crippen molar-refractivity contribution in [2.75, 3.05) is 26.2 Å². The van der Waals surface area contributed by atoms with Crippen molar-refractivity contribution in [3.63, 3.8) is 0 Å². The molecule has 0 spiro atoms. The number of rotatable bonds is 23. The van der Waals surface area contributed by atoms with Gasteiger partial charge < -0.3 is 75.9 Å². The highest BCUT2D eigenvalue weighted by molar-refractivity contribution is 5.96. The van der Waals surface area contributed by atoms with Crippen LogP contribution in [0.5, 0.6) is 0 Å². The Hall–Kier alpha value is -5.29. The van der Waals surface area contributed by atoms with E-state index in [-0.39, 0.29) is 50.7 Å². The number of amides is 6. The zero-order chi connectivity index (χ0) is 38.6. The topological polar surface area (TPSA) is 407 Å². The minimum atomic E-state index is -1.67. The van der Waals surface area contributed by atoms with Gasteiger partial charge in [-0.05, 0) is 46.5 Å². The Morgan fingerprint density at radius 3 is 1.42 bits per heavy atom. The van der Waals surface area contributed by atoms with Crippen LogP contribution >= 0.6 is 0 Å². The molecule has 0 saturated carbocycles. The number of carbonyl (C=O) groups is 7. The van der Waals surface area contributed by atoms with Gasteiger partial charge >= 0.3 is 5.97 Å². The maximum atomic E-state index is 13.5. The second kappa shape index (κ2) is 23.1. The van der Waals surface area contributed by atoms with Crippen molar-refractivity contribution in [2.45, 2.75) is 88.8 Å². The van der Waals surface area contributed by atoms with Gasteiger partial charge in [0, 0.05) is 13.1 Å². The van der Waals surface area contributed by atoms with Crippen LogP contribution in [0.25, 0.3) is 0 Å². The van der Waals surface area contributed by atoms with Crippen LogP contribution in [-0.2, 0) is 33.6 Å². The first-order valence-electron chi connectivity index (χ1n) is 15.5. The van der Waals surface area contributed by atoms with Gasteiger partial charge in [-0.25, -0.2) is 4.79 Å². The van der Waals surface area contributed by atoms with Gasteiger partial charge in [0.15, 0.2) is 18.0 Å². The number of nitrogens with two attached hydrogens (primary N) is 5. The predicted molar refractivity (Wildman–Crippen MR) is 178 cm³/mol. The summed E-state index contributed by atoms with van der Waals surface area (Å²) in [5.74, 6) is -7.17. The number of aliphatic carboxylic acids is 1. The Morgan fingerprint density at radius 1 is 0.620 bits per heavy atom. The Balaban J connectivity index is 6.07. The van der Waals surface area contributed by atoms with Gasteiger partial charge in [0.05, 0.1) is 19.3 Å². The van der Waals surface area contributed by atoms with E-state index in [1.54, 1.807) is 0 Å². The maximum Gasteiger partial charge on any atom is 0.328 e. The third-order valence-corrected chi connectivity index (χ3v) is 6.73. The number of guanidine groups is 2. The average molecular weight is 718 g/mol. The molecule has 19 N–H and O–H groups in total. The smallest absolute Gasteiger partial charge is 0.328 e. The molecule has 0 aromatic carbocycles. The monoisotopic (exact) mass is 717 g/mol. The summed E-state index contributed by atoms with van der Waals surface area (Å²) in [7, 11) is 0. The summed E-state index contributed by atoms with van der Waals surface area (Å²) in [5.41, 5.74) is 26.6. The summed E-state index contributed by atoms with van der Waals surface area (Å²) in [4.78, 5) is 95.5. The van der Waals surface area contributed by atoms with Crippen LogP contribution in [0.15, 0.2) is 9.98 Å². The minimum absolute atomic E-state index is 0.0410. The average Bonchev–Trinajstić information content (AvgIpc) is 3.03. The van der Waals surface area contributed by atoms with E-state index >= 15 is 0 Å². The van der Waals surface area contributed by atoms with Crippen molar-refractivity contribution in [2.24, 2.45) is 38.7 Å². The lowest BCUT2D eigenvalue weighted by Crippen LogP contribution is -2.60. The van der Waals surface area contributed by atoms with E-state index < -0.39 is 96.9 Å². The van der Waals surface area contributed by atoms with Crippen molar-refractivity contribution in [1.29, 1.82) is 0 Å². The molecule has 284 valence electrons. The van der Waals surface area contributed by atoms with Crippen molar-refractivity contribution in [1.82, 2.24) is 31.9 Å². The molecular formula is C27H51N13O10. The van der Waals surface area contributed by atoms with E-state index in [1.165, 1.54) is 13.8 Å². The molecule has 0 bridgehead atoms. The molecule has 0 heterocycles. The molecule has 23 heteroatoms. The number of carboxylic acids is 1. The molecule has 0 aliphatic rings. The van der Waals surface area contributed by atoms with E-state index in [1.807, 2.05) is 0 Å². The van der Waals surface area contributed by atoms with Crippen LogP contribution in [0.3, 0.4) is 0 Å². The van der Waals surface area contributed by atoms with Gasteiger partial charge in [0.1, 0.15) is 30.2 Å². The summed E-state index contributed by atoms with van der Waals surface area (Å²) in [5, 5.41) is 42.6. The number of hydrogen-bond donors (Lipinski definition) is 14. The molecular weight excluding hydrogens is 666 g/mol. The zero-order valence-electron chi connectivity index (χ0n) is 28.2. The summed E-state index contributed by atoms with van der Waals surface area (Å²) in [6.45, 7) is 2.50. The van der Waals surface area contributed by atoms with E-state index in [9.17, 15) is 48.9 Å². The first-order valence-corrected chi connectivity index (χ1v) is 15.5. The second-order valence-electron chi connectivity index (χ2n) is 11.1. The molecule has 0 aliphatic carbocycles. The Morgan fingerprint density at radius 2 is 1.02 bits per heavy atom. The van der Waals surface area contributed by atoms with Crippen molar-refractivity contribution in [3.05, 3.63) is 0 Å². The number of aliphatic hydroxyl groups is 2. The third-order valence-electron chi connectivity index (χ3n) is 6.73. The maximum absolute atomic E-state index is 13.5. The normalized spacial score (nSPS) is 14.8. The Bertz CT molecular complexity index is 1240. The van der Waals surface area contributed by atoms with Crippen LogP contribution in [0, 0.1) is 0 Å². The third kappa shape index (κ3) is 17.7. The van der Waals surface area contributed by atoms with Crippen molar-refractivity contribution >= 4 is 53.3 Å². The summed E-state index contributed by atoms with van der Waals surface area (Å²) < 4.78 is 0. The fraction of sp³-hybridized carbons (Fsp3) is 0.667. The molecule has 0 unspecified atom stereocenters. The minimum Gasteiger partial charge on any atom is -0.480 e. The quantitative estimate of drug-likeness (QED) is 0.0265. The molecule has 0 aliphatic heterocycles. The summed E-state index contributed by atoms with van der Waals surface area (Å²) in [6, 6.07) is -8.43. The molecule has 0 rings (SSSR count). The van der Waals surface area contributed by atoms with E-state index in [0.717, 1.165) is 6.92 Å². The van der Waals surface area contributed by atoms with Crippen LogP contribution in [0.2, 0.25) is 0 Å². The van der Waals surface area contributed by atoms with Gasteiger partial charge in [0.2, 0.25) is 35.4 Å². The van der Waals surface area contributed by atoms with Gasteiger partial charge in [-0.3, -0.25) is 38.8 Å². The Kier molecular flexibility index (Phi) is 20.7. The lowest BCUT2D eigenvalue weighted by Gasteiger charge is -2.26. The van der Waals surface area contributed by atoms with Crippen LogP contribution < -0.4 is 60.6 Å². The first kappa shape index (κ1) is 44.7. The number of hydrogen-bond acceptors (Lipinski definition) is 12. The number of carboxylic acid groups (broad SMARTS) is 1. The van der Waals surface area contributed by atoms with Crippen molar-refractivity contribution < 1.29 is 48.9 Å². The standard InChI is InChI=1S/C27H51N13O10/c1-12(35-18(43)10-28)20(44)39-17(11-41)24(48)38-16(7-5-9-34-27(31)32)23(47)37-15(6-4-8-33-26(29)30)22(46)36-13(2)21(45)40-19(14(3)42)25(49)50/h12-17,19,41-42H,4-11,28H2,1-3H3,(H,35,43)(H,36,46)(H,37,47)(H,38,48)(H,39,44)(H,40,45)(H,49,50)(H4,29,30,33)(H4,31,32,34)/t12-,13-,14+,15-,16-,17-,19-/m0/s1. The number of carbonyl (C=O) groups excluding carboxylic acids is 6. The van der Waals surface area contributed by atoms with Gasteiger partial charge in [-0.2, -0.15) is 0 Å². The van der Waals surface area contributed by atoms with E-state index in [2.05, 4.69) is 41.9 Å². The molecule has 0 aromatic rings. The molecule has 0 fully saturated rings. The van der Waals surface area contributed by atoms with E-state index in [0.29, 0.717) is 0 Å². The predicted octanol–water partition coefficient (Wildman–Crippen LogP) is -7.54. The van der Waals surface area contributed by atoms with Crippen LogP contribution in [0.1, 0.15) is 46.5 Å². The molecule has 0 saturated heterocycles. The molecule has 6 amide bonds. The fourth-order valence-electron chi connectivity index (χ4n) is 3.99. The molecule has 50 heavy (non-hydrogen) atoms. The molecule has 23 nitrogen and oxygen atoms in total. The highest BCUT2D eigenvalue weighted by Gasteiger charge is 2.32. The molecule has 7 atom stereocenters. The van der Waals surface area contributed by atoms with Gasteiger partial charge in [-0.15, -0.1) is 0 Å². The zero-order valence-corrected chi connectivity index (χ0v) is 28.2. The summed E-state index contributed by atoms with van der Waals surface area (Å²) >= 11 is 0. The molecule has 0 aromatic heterocycles. The highest BCUT2D eigenvalue weighted by Crippen LogP contribution is 2.05. The number of nitrogens with zero attached hydrogens (tertiary/aromatic N) is 2. The highest BCUT2D eigenvalue weighted by atomic mass is 16.4. The second-order valence-corrected chi connectivity index (χ2v) is 11.1. The first-order chi connectivity index (χ1) is 23.3. The van der Waals surface area contributed by atoms with Crippen molar-refractivity contribution in [3.8, 4) is 0 Å². The Labute approximate surface area is 288 Å². The lowest BCUT2D eigenvalue weighted by atomic mass is 10.1. The fourth-order valence-corrected chi connectivity index (χ4v) is 3.99. The van der Waals surface area contributed by atoms with Gasteiger partial charge in [-0.1, -0.05) is 0 Å². The largest absolute Gasteiger partial charge is 0.480 e. The SMILES string of the molecule is C[C@H](NC(=O)CN)C(=O)N[C@@H](CO)C(=O)N[C@@H](CCCN=C(N)N)C(=O)N[C@@H](CCCN=C(N)N)C(=O)N[C@@H](C)C(=O)N[C@H](C(=O)O)[C@@H](C)O. The van der Waals surface area contributed by atoms with Crippen LogP contribution in [0.4, 0.5) is 0 Å². The molecule has 0 radical (unpaired) electrons. The number of nitrogens with one attached hydrogen (secondary N) is 6. The number of aliphatic imine (C=N–C) groups is 2.